The summed E-state index contributed by atoms with van der Waals surface area (Å²) in [5.74, 6) is -0.157. The number of benzene rings is 2. The van der Waals surface area contributed by atoms with E-state index < -0.39 is 6.09 Å². The van der Waals surface area contributed by atoms with E-state index in [1.54, 1.807) is 12.1 Å². The Morgan fingerprint density at radius 1 is 1.00 bits per heavy atom. The number of nitrogens with zero attached hydrogens (tertiary/aromatic N) is 1. The number of alkyl carbamates (subject to hydrolysis) is 1. The molecule has 1 aliphatic heterocycles. The maximum Gasteiger partial charge on any atom is 0.407 e. The fraction of sp³-hybridized carbons (Fsp3) is 0.300. The number of amides is 1. The molecule has 2 aromatic carbocycles. The SMILES string of the molecule is O=C(NCC(=O)c1ccc(N2CCOCC2)cc1)OCc1ccccc1. The van der Waals surface area contributed by atoms with Crippen molar-refractivity contribution in [2.24, 2.45) is 0 Å². The maximum absolute atomic E-state index is 12.2. The van der Waals surface area contributed by atoms with Crippen molar-refractivity contribution >= 4 is 17.6 Å². The lowest BCUT2D eigenvalue weighted by Gasteiger charge is -2.28. The molecule has 0 aromatic heterocycles. The van der Waals surface area contributed by atoms with Crippen LogP contribution in [-0.2, 0) is 16.1 Å². The highest BCUT2D eigenvalue weighted by atomic mass is 16.5. The number of Topliss-reactive ketones (excluding diaryl/α,β-unsaturated/α-hetero) is 1. The summed E-state index contributed by atoms with van der Waals surface area (Å²) < 4.78 is 10.4. The van der Waals surface area contributed by atoms with Gasteiger partial charge in [0.1, 0.15) is 6.61 Å². The van der Waals surface area contributed by atoms with Gasteiger partial charge in [-0.05, 0) is 29.8 Å². The molecule has 1 aliphatic rings. The van der Waals surface area contributed by atoms with Gasteiger partial charge in [0, 0.05) is 24.3 Å². The fourth-order valence-electron chi connectivity index (χ4n) is 2.71. The van der Waals surface area contributed by atoms with Crippen LogP contribution in [-0.4, -0.2) is 44.7 Å². The quantitative estimate of drug-likeness (QED) is 0.808. The molecule has 6 nitrogen and oxygen atoms in total. The van der Waals surface area contributed by atoms with Gasteiger partial charge in [-0.3, -0.25) is 4.79 Å². The maximum atomic E-state index is 12.2. The summed E-state index contributed by atoms with van der Waals surface area (Å²) in [5, 5.41) is 2.49. The van der Waals surface area contributed by atoms with Crippen LogP contribution in [0.3, 0.4) is 0 Å². The first-order valence-electron chi connectivity index (χ1n) is 8.63. The minimum Gasteiger partial charge on any atom is -0.445 e. The predicted molar refractivity (Wildman–Crippen MR) is 98.4 cm³/mol. The smallest absolute Gasteiger partial charge is 0.407 e. The van der Waals surface area contributed by atoms with Gasteiger partial charge in [0.25, 0.3) is 0 Å². The number of hydrogen-bond acceptors (Lipinski definition) is 5. The summed E-state index contributed by atoms with van der Waals surface area (Å²) in [6, 6.07) is 16.8. The van der Waals surface area contributed by atoms with E-state index >= 15 is 0 Å². The van der Waals surface area contributed by atoms with Crippen LogP contribution >= 0.6 is 0 Å². The van der Waals surface area contributed by atoms with Crippen molar-refractivity contribution in [3.63, 3.8) is 0 Å². The number of morpholine rings is 1. The Morgan fingerprint density at radius 3 is 2.38 bits per heavy atom. The van der Waals surface area contributed by atoms with Gasteiger partial charge in [-0.1, -0.05) is 30.3 Å². The summed E-state index contributed by atoms with van der Waals surface area (Å²) in [6.07, 6.45) is -0.605. The Labute approximate surface area is 152 Å². The highest BCUT2D eigenvalue weighted by Crippen LogP contribution is 2.16. The predicted octanol–water partition coefficient (Wildman–Crippen LogP) is 2.63. The van der Waals surface area contributed by atoms with E-state index in [0.717, 1.165) is 37.6 Å². The summed E-state index contributed by atoms with van der Waals surface area (Å²) in [4.78, 5) is 26.1. The third kappa shape index (κ3) is 5.07. The molecule has 0 spiro atoms. The van der Waals surface area contributed by atoms with E-state index in [9.17, 15) is 9.59 Å². The minimum atomic E-state index is -0.605. The first kappa shape index (κ1) is 17.9. The van der Waals surface area contributed by atoms with Crippen LogP contribution in [0.1, 0.15) is 15.9 Å². The van der Waals surface area contributed by atoms with Gasteiger partial charge in [-0.2, -0.15) is 0 Å². The molecule has 1 heterocycles. The van der Waals surface area contributed by atoms with Gasteiger partial charge in [0.15, 0.2) is 5.78 Å². The Bertz CT molecular complexity index is 725. The van der Waals surface area contributed by atoms with Gasteiger partial charge >= 0.3 is 6.09 Å². The molecule has 0 bridgehead atoms. The van der Waals surface area contributed by atoms with Crippen LogP contribution in [0.2, 0.25) is 0 Å². The number of ether oxygens (including phenoxy) is 2. The summed E-state index contributed by atoms with van der Waals surface area (Å²) in [5.41, 5.74) is 2.53. The molecule has 0 radical (unpaired) electrons. The second-order valence-corrected chi connectivity index (χ2v) is 5.98. The van der Waals surface area contributed by atoms with Crippen LogP contribution < -0.4 is 10.2 Å². The summed E-state index contributed by atoms with van der Waals surface area (Å²) in [6.45, 7) is 3.22. The molecule has 1 saturated heterocycles. The highest BCUT2D eigenvalue weighted by Gasteiger charge is 2.13. The summed E-state index contributed by atoms with van der Waals surface area (Å²) >= 11 is 0. The number of carbonyl (C=O) groups is 2. The number of carbonyl (C=O) groups excluding carboxylic acids is 2. The molecule has 6 heteroatoms. The Hall–Kier alpha value is -2.86. The average molecular weight is 354 g/mol. The average Bonchev–Trinajstić information content (AvgIpc) is 2.72. The van der Waals surface area contributed by atoms with E-state index in [4.69, 9.17) is 9.47 Å². The molecule has 1 N–H and O–H groups in total. The third-order valence-corrected chi connectivity index (χ3v) is 4.17. The number of ketones is 1. The van der Waals surface area contributed by atoms with Crippen molar-refractivity contribution in [3.8, 4) is 0 Å². The van der Waals surface area contributed by atoms with Crippen molar-refractivity contribution < 1.29 is 19.1 Å². The fourth-order valence-corrected chi connectivity index (χ4v) is 2.71. The second-order valence-electron chi connectivity index (χ2n) is 5.98. The normalized spacial score (nSPS) is 13.9. The van der Waals surface area contributed by atoms with Crippen LogP contribution in [0.25, 0.3) is 0 Å². The molecular formula is C20H22N2O4. The van der Waals surface area contributed by atoms with E-state index in [-0.39, 0.29) is 18.9 Å². The molecule has 1 amide bonds. The van der Waals surface area contributed by atoms with Crippen molar-refractivity contribution in [2.45, 2.75) is 6.61 Å². The number of hydrogen-bond donors (Lipinski definition) is 1. The molecule has 0 atom stereocenters. The standard InChI is InChI=1S/C20H22N2O4/c23-19(14-21-20(24)26-15-16-4-2-1-3-5-16)17-6-8-18(9-7-17)22-10-12-25-13-11-22/h1-9H,10-15H2,(H,21,24). The molecule has 0 aliphatic carbocycles. The van der Waals surface area contributed by atoms with Gasteiger partial charge in [0.05, 0.1) is 19.8 Å². The molecule has 0 saturated carbocycles. The molecule has 26 heavy (non-hydrogen) atoms. The topological polar surface area (TPSA) is 67.9 Å². The van der Waals surface area contributed by atoms with Crippen LogP contribution in [0.4, 0.5) is 10.5 Å². The second kappa shape index (κ2) is 9.01. The van der Waals surface area contributed by atoms with Gasteiger partial charge in [0.2, 0.25) is 0 Å². The van der Waals surface area contributed by atoms with E-state index in [1.165, 1.54) is 0 Å². The van der Waals surface area contributed by atoms with Gasteiger partial charge in [-0.15, -0.1) is 0 Å². The number of rotatable bonds is 6. The van der Waals surface area contributed by atoms with Crippen LogP contribution in [0.5, 0.6) is 0 Å². The number of nitrogens with one attached hydrogen (secondary N) is 1. The Balaban J connectivity index is 1.44. The van der Waals surface area contributed by atoms with Crippen molar-refractivity contribution in [1.29, 1.82) is 0 Å². The zero-order valence-electron chi connectivity index (χ0n) is 14.5. The Morgan fingerprint density at radius 2 is 1.69 bits per heavy atom. The van der Waals surface area contributed by atoms with E-state index in [0.29, 0.717) is 5.56 Å². The lowest BCUT2D eigenvalue weighted by atomic mass is 10.1. The largest absolute Gasteiger partial charge is 0.445 e. The first-order chi connectivity index (χ1) is 12.7. The Kier molecular flexibility index (Phi) is 6.22. The van der Waals surface area contributed by atoms with Gasteiger partial charge < -0.3 is 19.7 Å². The first-order valence-corrected chi connectivity index (χ1v) is 8.63. The van der Waals surface area contributed by atoms with E-state index in [2.05, 4.69) is 10.2 Å². The van der Waals surface area contributed by atoms with Crippen molar-refractivity contribution in [1.82, 2.24) is 5.32 Å². The van der Waals surface area contributed by atoms with Gasteiger partial charge in [-0.25, -0.2) is 4.79 Å². The van der Waals surface area contributed by atoms with Crippen molar-refractivity contribution in [2.75, 3.05) is 37.7 Å². The van der Waals surface area contributed by atoms with E-state index in [1.807, 2.05) is 42.5 Å². The molecule has 136 valence electrons. The molecule has 1 fully saturated rings. The summed E-state index contributed by atoms with van der Waals surface area (Å²) in [7, 11) is 0. The lowest BCUT2D eigenvalue weighted by Crippen LogP contribution is -2.36. The zero-order chi connectivity index (χ0) is 18.2. The lowest BCUT2D eigenvalue weighted by molar-refractivity contribution is 0.0974. The monoisotopic (exact) mass is 354 g/mol. The number of anilines is 1. The van der Waals surface area contributed by atoms with Crippen molar-refractivity contribution in [3.05, 3.63) is 65.7 Å². The molecule has 3 rings (SSSR count). The highest BCUT2D eigenvalue weighted by molar-refractivity contribution is 5.99. The van der Waals surface area contributed by atoms with Crippen LogP contribution in [0.15, 0.2) is 54.6 Å². The zero-order valence-corrected chi connectivity index (χ0v) is 14.5. The van der Waals surface area contributed by atoms with Crippen LogP contribution in [0, 0.1) is 0 Å². The molecule has 2 aromatic rings. The third-order valence-electron chi connectivity index (χ3n) is 4.17. The molecular weight excluding hydrogens is 332 g/mol. The minimum absolute atomic E-state index is 0.0927. The molecule has 0 unspecified atom stereocenters.